The van der Waals surface area contributed by atoms with Crippen molar-refractivity contribution in [2.45, 2.75) is 25.7 Å². The van der Waals surface area contributed by atoms with Gasteiger partial charge in [-0.1, -0.05) is 12.1 Å². The van der Waals surface area contributed by atoms with Crippen LogP contribution < -0.4 is 10.5 Å². The van der Waals surface area contributed by atoms with Crippen molar-refractivity contribution in [3.8, 4) is 17.0 Å². The molecule has 1 aromatic carbocycles. The van der Waals surface area contributed by atoms with Gasteiger partial charge in [0.25, 0.3) is 0 Å². The Morgan fingerprint density at radius 3 is 3.09 bits per heavy atom. The summed E-state index contributed by atoms with van der Waals surface area (Å²) in [7, 11) is 1.69. The van der Waals surface area contributed by atoms with E-state index in [1.807, 2.05) is 29.5 Å². The van der Waals surface area contributed by atoms with E-state index in [0.29, 0.717) is 6.54 Å². The number of fused-ring (bicyclic) bond motifs is 3. The van der Waals surface area contributed by atoms with Crippen molar-refractivity contribution in [2.75, 3.05) is 13.7 Å². The maximum atomic E-state index is 5.87. The van der Waals surface area contributed by atoms with Gasteiger partial charge in [-0.15, -0.1) is 11.3 Å². The largest absolute Gasteiger partial charge is 0.497 e. The van der Waals surface area contributed by atoms with Gasteiger partial charge in [0.1, 0.15) is 5.75 Å². The Kier molecular flexibility index (Phi) is 3.39. The Hall–Kier alpha value is -1.85. The van der Waals surface area contributed by atoms with Gasteiger partial charge in [0.15, 0.2) is 4.96 Å². The fourth-order valence-electron chi connectivity index (χ4n) is 3.30. The van der Waals surface area contributed by atoms with E-state index in [1.165, 1.54) is 29.1 Å². The molecule has 0 saturated heterocycles. The van der Waals surface area contributed by atoms with Crippen molar-refractivity contribution in [3.05, 3.63) is 40.5 Å². The molecule has 0 unspecified atom stereocenters. The minimum atomic E-state index is 0.634. The van der Waals surface area contributed by atoms with Crippen LogP contribution >= 0.6 is 11.3 Å². The highest BCUT2D eigenvalue weighted by Gasteiger charge is 2.23. The van der Waals surface area contributed by atoms with Crippen molar-refractivity contribution < 1.29 is 4.74 Å². The van der Waals surface area contributed by atoms with Crippen LogP contribution in [0.25, 0.3) is 16.2 Å². The molecule has 2 heterocycles. The fraction of sp³-hybridized carbons (Fsp3) is 0.353. The zero-order chi connectivity index (χ0) is 15.1. The van der Waals surface area contributed by atoms with E-state index in [9.17, 15) is 0 Å². The van der Waals surface area contributed by atoms with E-state index in [-0.39, 0.29) is 0 Å². The van der Waals surface area contributed by atoms with Crippen molar-refractivity contribution in [1.29, 1.82) is 0 Å². The van der Waals surface area contributed by atoms with Crippen LogP contribution in [0.3, 0.4) is 0 Å². The minimum absolute atomic E-state index is 0.634. The van der Waals surface area contributed by atoms with Crippen LogP contribution in [-0.4, -0.2) is 23.0 Å². The Labute approximate surface area is 133 Å². The summed E-state index contributed by atoms with van der Waals surface area (Å²) in [5.74, 6) is 0.859. The predicted octanol–water partition coefficient (Wildman–Crippen LogP) is 3.06. The molecule has 2 aromatic heterocycles. The second-order valence-corrected chi connectivity index (χ2v) is 6.68. The molecular weight excluding hydrogens is 294 g/mol. The van der Waals surface area contributed by atoms with E-state index in [2.05, 4.69) is 10.5 Å². The van der Waals surface area contributed by atoms with Gasteiger partial charge in [-0.2, -0.15) is 0 Å². The third-order valence-electron chi connectivity index (χ3n) is 4.29. The highest BCUT2D eigenvalue weighted by Crippen LogP contribution is 2.36. The third kappa shape index (κ3) is 2.04. The van der Waals surface area contributed by atoms with Crippen LogP contribution in [0, 0.1) is 0 Å². The first-order valence-corrected chi connectivity index (χ1v) is 8.50. The minimum Gasteiger partial charge on any atom is -0.497 e. The van der Waals surface area contributed by atoms with Crippen molar-refractivity contribution in [3.63, 3.8) is 0 Å². The molecule has 0 bridgehead atoms. The topological polar surface area (TPSA) is 52.5 Å². The molecule has 22 heavy (non-hydrogen) atoms. The predicted molar refractivity (Wildman–Crippen MR) is 89.8 cm³/mol. The average molecular weight is 313 g/mol. The summed E-state index contributed by atoms with van der Waals surface area (Å²) in [6, 6.07) is 8.11. The molecule has 2 N–H and O–H groups in total. The maximum Gasteiger partial charge on any atom is 0.194 e. The number of methoxy groups -OCH3 is 1. The Balaban J connectivity index is 1.93. The number of hydrogen-bond donors (Lipinski definition) is 1. The van der Waals surface area contributed by atoms with Crippen LogP contribution in [0.15, 0.2) is 24.3 Å². The molecule has 0 fully saturated rings. The van der Waals surface area contributed by atoms with Gasteiger partial charge < -0.3 is 10.5 Å². The number of nitrogens with two attached hydrogens (primary N) is 1. The standard InChI is InChI=1S/C17H19N3OS/c1-21-12-5-2-4-11(10-12)16-14(8-9-18)20-13-6-3-7-15(13)22-17(20)19-16/h2,4-5,10H,3,6-9,18H2,1H3. The van der Waals surface area contributed by atoms with Gasteiger partial charge >= 0.3 is 0 Å². The summed E-state index contributed by atoms with van der Waals surface area (Å²) < 4.78 is 7.70. The summed E-state index contributed by atoms with van der Waals surface area (Å²) in [6.07, 6.45) is 4.45. The Bertz CT molecular complexity index is 834. The molecule has 1 aliphatic rings. The summed E-state index contributed by atoms with van der Waals surface area (Å²) in [5.41, 5.74) is 10.7. The van der Waals surface area contributed by atoms with Crippen molar-refractivity contribution >= 4 is 16.3 Å². The zero-order valence-corrected chi connectivity index (χ0v) is 13.4. The van der Waals surface area contributed by atoms with Crippen molar-refractivity contribution in [1.82, 2.24) is 9.38 Å². The smallest absolute Gasteiger partial charge is 0.194 e. The van der Waals surface area contributed by atoms with E-state index >= 15 is 0 Å². The number of aromatic nitrogens is 2. The molecular formula is C17H19N3OS. The van der Waals surface area contributed by atoms with Gasteiger partial charge in [-0.25, -0.2) is 4.98 Å². The monoisotopic (exact) mass is 313 g/mol. The number of thiazole rings is 1. The van der Waals surface area contributed by atoms with Crippen LogP contribution in [0.4, 0.5) is 0 Å². The summed E-state index contributed by atoms with van der Waals surface area (Å²) in [5, 5.41) is 0. The van der Waals surface area contributed by atoms with Crippen LogP contribution in [0.1, 0.15) is 22.7 Å². The van der Waals surface area contributed by atoms with E-state index in [0.717, 1.165) is 34.8 Å². The highest BCUT2D eigenvalue weighted by molar-refractivity contribution is 7.17. The summed E-state index contributed by atoms with van der Waals surface area (Å²) in [6.45, 7) is 0.634. The molecule has 0 aliphatic heterocycles. The second-order valence-electron chi connectivity index (χ2n) is 5.62. The van der Waals surface area contributed by atoms with Crippen LogP contribution in [-0.2, 0) is 19.3 Å². The quantitative estimate of drug-likeness (QED) is 0.805. The normalized spacial score (nSPS) is 13.7. The number of hydrogen-bond acceptors (Lipinski definition) is 4. The molecule has 3 aromatic rings. The second kappa shape index (κ2) is 5.41. The molecule has 4 nitrogen and oxygen atoms in total. The van der Waals surface area contributed by atoms with Gasteiger partial charge in [0, 0.05) is 22.6 Å². The number of aryl methyl sites for hydroxylation is 2. The van der Waals surface area contributed by atoms with E-state index in [4.69, 9.17) is 15.5 Å². The first-order chi connectivity index (χ1) is 10.8. The number of benzene rings is 1. The third-order valence-corrected chi connectivity index (χ3v) is 5.43. The summed E-state index contributed by atoms with van der Waals surface area (Å²) in [4.78, 5) is 7.51. The lowest BCUT2D eigenvalue weighted by Crippen LogP contribution is -2.07. The Morgan fingerprint density at radius 2 is 2.27 bits per heavy atom. The van der Waals surface area contributed by atoms with Gasteiger partial charge in [0.05, 0.1) is 18.5 Å². The SMILES string of the molecule is COc1cccc(-c2nc3sc4c(n3c2CCN)CCC4)c1. The summed E-state index contributed by atoms with van der Waals surface area (Å²) >= 11 is 1.83. The molecule has 0 atom stereocenters. The first-order valence-electron chi connectivity index (χ1n) is 7.68. The molecule has 1 aliphatic carbocycles. The molecule has 0 radical (unpaired) electrons. The van der Waals surface area contributed by atoms with Gasteiger partial charge in [-0.05, 0) is 37.9 Å². The Morgan fingerprint density at radius 1 is 1.36 bits per heavy atom. The maximum absolute atomic E-state index is 5.87. The number of imidazole rings is 1. The van der Waals surface area contributed by atoms with Crippen molar-refractivity contribution in [2.24, 2.45) is 5.73 Å². The lowest BCUT2D eigenvalue weighted by molar-refractivity contribution is 0.415. The van der Waals surface area contributed by atoms with E-state index < -0.39 is 0 Å². The molecule has 0 saturated carbocycles. The number of nitrogens with zero attached hydrogens (tertiary/aromatic N) is 2. The molecule has 4 rings (SSSR count). The lowest BCUT2D eigenvalue weighted by Gasteiger charge is -2.06. The number of ether oxygens (including phenoxy) is 1. The highest BCUT2D eigenvalue weighted by atomic mass is 32.1. The molecule has 114 valence electrons. The van der Waals surface area contributed by atoms with Crippen LogP contribution in [0.2, 0.25) is 0 Å². The average Bonchev–Trinajstić information content (AvgIpc) is 3.19. The fourth-order valence-corrected chi connectivity index (χ4v) is 4.53. The van der Waals surface area contributed by atoms with E-state index in [1.54, 1.807) is 7.11 Å². The molecule has 5 heteroatoms. The first kappa shape index (κ1) is 13.8. The number of rotatable bonds is 4. The van der Waals surface area contributed by atoms with Gasteiger partial charge in [0.2, 0.25) is 0 Å². The zero-order valence-electron chi connectivity index (χ0n) is 12.6. The molecule has 0 amide bonds. The van der Waals surface area contributed by atoms with Crippen LogP contribution in [0.5, 0.6) is 5.75 Å². The van der Waals surface area contributed by atoms with Gasteiger partial charge in [-0.3, -0.25) is 4.40 Å². The molecule has 0 spiro atoms. The lowest BCUT2D eigenvalue weighted by atomic mass is 10.1.